The Labute approximate surface area is 194 Å². The summed E-state index contributed by atoms with van der Waals surface area (Å²) in [7, 11) is 1.45. The highest BCUT2D eigenvalue weighted by molar-refractivity contribution is 6.33. The molecule has 1 aliphatic carbocycles. The number of methoxy groups -OCH3 is 1. The lowest BCUT2D eigenvalue weighted by atomic mass is 10.1. The highest BCUT2D eigenvalue weighted by Gasteiger charge is 2.23. The summed E-state index contributed by atoms with van der Waals surface area (Å²) in [4.78, 5) is 31.9. The minimum atomic E-state index is -0.442. The van der Waals surface area contributed by atoms with Gasteiger partial charge in [-0.05, 0) is 37.1 Å². The Hall–Kier alpha value is -4.03. The highest BCUT2D eigenvalue weighted by atomic mass is 35.5. The second-order valence-corrected chi connectivity index (χ2v) is 7.72. The SMILES string of the molecule is [C-]#[N+]CNC(=O)c1cc2c(Oc3ccc(NC(=O)NC4CC4)c(Cl)c3)ccnc2cc1OC. The van der Waals surface area contributed by atoms with Crippen molar-refractivity contribution in [2.45, 2.75) is 18.9 Å². The van der Waals surface area contributed by atoms with E-state index < -0.39 is 5.91 Å². The molecular formula is C23H20ClN5O4. The molecule has 4 rings (SSSR count). The molecule has 1 aliphatic rings. The molecular weight excluding hydrogens is 446 g/mol. The molecule has 0 atom stereocenters. The molecule has 0 aliphatic heterocycles. The predicted octanol–water partition coefficient (Wildman–Crippen LogP) is 4.58. The minimum absolute atomic E-state index is 0.145. The number of carbonyl (C=O) groups excluding carboxylic acids is 2. The highest BCUT2D eigenvalue weighted by Crippen LogP contribution is 2.35. The fourth-order valence-corrected chi connectivity index (χ4v) is 3.37. The predicted molar refractivity (Wildman–Crippen MR) is 124 cm³/mol. The lowest BCUT2D eigenvalue weighted by Gasteiger charge is -2.13. The van der Waals surface area contributed by atoms with Crippen molar-refractivity contribution >= 4 is 40.1 Å². The molecule has 0 radical (unpaired) electrons. The van der Waals surface area contributed by atoms with Crippen LogP contribution in [-0.2, 0) is 0 Å². The maximum atomic E-state index is 12.5. The topological polar surface area (TPSA) is 106 Å². The largest absolute Gasteiger partial charge is 0.496 e. The number of amides is 3. The summed E-state index contributed by atoms with van der Waals surface area (Å²) in [6, 6.07) is 9.76. The Morgan fingerprint density at radius 3 is 2.73 bits per heavy atom. The number of rotatable bonds is 7. The Morgan fingerprint density at radius 2 is 2.03 bits per heavy atom. The number of pyridine rings is 1. The van der Waals surface area contributed by atoms with Gasteiger partial charge in [-0.15, -0.1) is 0 Å². The Bertz CT molecular complexity index is 1270. The molecule has 3 aromatic rings. The van der Waals surface area contributed by atoms with E-state index in [1.165, 1.54) is 7.11 Å². The fraction of sp³-hybridized carbons (Fsp3) is 0.217. The molecule has 1 heterocycles. The second kappa shape index (κ2) is 9.63. The first-order chi connectivity index (χ1) is 16.0. The molecule has 9 nitrogen and oxygen atoms in total. The standard InChI is InChI=1S/C23H20ClN5O4/c1-25-12-27-22(30)16-10-15-19(11-21(16)32-2)26-8-7-20(15)33-14-5-6-18(17(24)9-14)29-23(31)28-13-3-4-13/h5-11,13H,3-4,12H2,2H3,(H,27,30)(H2,28,29,31). The van der Waals surface area contributed by atoms with Crippen LogP contribution in [0.15, 0.2) is 42.6 Å². The number of carbonyl (C=O) groups is 2. The van der Waals surface area contributed by atoms with Crippen LogP contribution >= 0.6 is 11.6 Å². The monoisotopic (exact) mass is 465 g/mol. The van der Waals surface area contributed by atoms with Crippen molar-refractivity contribution < 1.29 is 19.1 Å². The molecule has 1 aromatic heterocycles. The first-order valence-electron chi connectivity index (χ1n) is 10.1. The molecule has 168 valence electrons. The van der Waals surface area contributed by atoms with E-state index in [2.05, 4.69) is 25.8 Å². The second-order valence-electron chi connectivity index (χ2n) is 7.32. The van der Waals surface area contributed by atoms with Gasteiger partial charge in [0.05, 0.1) is 28.9 Å². The van der Waals surface area contributed by atoms with Crippen molar-refractivity contribution in [1.29, 1.82) is 0 Å². The molecule has 3 amide bonds. The van der Waals surface area contributed by atoms with E-state index in [1.54, 1.807) is 42.6 Å². The van der Waals surface area contributed by atoms with Crippen LogP contribution in [0.5, 0.6) is 17.2 Å². The number of nitrogens with zero attached hydrogens (tertiary/aromatic N) is 2. The van der Waals surface area contributed by atoms with Crippen LogP contribution in [0.25, 0.3) is 15.7 Å². The number of anilines is 1. The number of aromatic nitrogens is 1. The number of urea groups is 1. The summed E-state index contributed by atoms with van der Waals surface area (Å²) in [6.45, 7) is 6.72. The van der Waals surface area contributed by atoms with Crippen molar-refractivity contribution in [3.8, 4) is 17.2 Å². The molecule has 2 aromatic carbocycles. The zero-order chi connectivity index (χ0) is 23.4. The van der Waals surface area contributed by atoms with Crippen molar-refractivity contribution in [3.63, 3.8) is 0 Å². The quantitative estimate of drug-likeness (QED) is 0.443. The van der Waals surface area contributed by atoms with Gasteiger partial charge in [0.25, 0.3) is 12.6 Å². The van der Waals surface area contributed by atoms with Gasteiger partial charge in [0.15, 0.2) is 0 Å². The van der Waals surface area contributed by atoms with Crippen LogP contribution in [0, 0.1) is 6.57 Å². The smallest absolute Gasteiger partial charge is 0.319 e. The molecule has 3 N–H and O–H groups in total. The van der Waals surface area contributed by atoms with E-state index in [-0.39, 0.29) is 24.3 Å². The average molecular weight is 466 g/mol. The Morgan fingerprint density at radius 1 is 1.21 bits per heavy atom. The third-order valence-electron chi connectivity index (χ3n) is 4.92. The molecule has 0 spiro atoms. The van der Waals surface area contributed by atoms with E-state index in [1.807, 2.05) is 0 Å². The van der Waals surface area contributed by atoms with Gasteiger partial charge >= 0.3 is 6.03 Å². The van der Waals surface area contributed by atoms with Crippen LogP contribution in [0.2, 0.25) is 5.02 Å². The van der Waals surface area contributed by atoms with E-state index >= 15 is 0 Å². The lowest BCUT2D eigenvalue weighted by Crippen LogP contribution is -2.30. The number of hydrogen-bond donors (Lipinski definition) is 3. The minimum Gasteiger partial charge on any atom is -0.496 e. The lowest BCUT2D eigenvalue weighted by molar-refractivity contribution is 0.0955. The maximum absolute atomic E-state index is 12.5. The third kappa shape index (κ3) is 5.25. The Kier molecular flexibility index (Phi) is 6.47. The number of hydrogen-bond acceptors (Lipinski definition) is 5. The molecule has 1 fully saturated rings. The molecule has 0 unspecified atom stereocenters. The van der Waals surface area contributed by atoms with Crippen LogP contribution < -0.4 is 25.4 Å². The number of halogens is 1. The van der Waals surface area contributed by atoms with Crippen LogP contribution in [-0.4, -0.2) is 36.7 Å². The number of benzene rings is 2. The van der Waals surface area contributed by atoms with Gasteiger partial charge in [0, 0.05) is 29.8 Å². The summed E-state index contributed by atoms with van der Waals surface area (Å²) in [5.74, 6) is 0.778. The normalized spacial score (nSPS) is 12.5. The third-order valence-corrected chi connectivity index (χ3v) is 5.23. The Balaban J connectivity index is 1.60. The van der Waals surface area contributed by atoms with Gasteiger partial charge in [0.2, 0.25) is 0 Å². The van der Waals surface area contributed by atoms with Crippen LogP contribution in [0.4, 0.5) is 10.5 Å². The van der Waals surface area contributed by atoms with Crippen molar-refractivity contribution in [2.24, 2.45) is 0 Å². The fourth-order valence-electron chi connectivity index (χ4n) is 3.15. The van der Waals surface area contributed by atoms with E-state index in [9.17, 15) is 9.59 Å². The van der Waals surface area contributed by atoms with E-state index in [0.717, 1.165) is 12.8 Å². The molecule has 0 bridgehead atoms. The summed E-state index contributed by atoms with van der Waals surface area (Å²) in [6.07, 6.45) is 3.56. The summed E-state index contributed by atoms with van der Waals surface area (Å²) >= 11 is 6.34. The molecule has 0 saturated heterocycles. The molecule has 33 heavy (non-hydrogen) atoms. The van der Waals surface area contributed by atoms with Gasteiger partial charge in [0.1, 0.15) is 17.2 Å². The summed E-state index contributed by atoms with van der Waals surface area (Å²) < 4.78 is 11.3. The van der Waals surface area contributed by atoms with Gasteiger partial charge in [-0.25, -0.2) is 11.4 Å². The van der Waals surface area contributed by atoms with Crippen LogP contribution in [0.1, 0.15) is 23.2 Å². The van der Waals surface area contributed by atoms with Gasteiger partial charge in [-0.3, -0.25) is 19.9 Å². The van der Waals surface area contributed by atoms with Crippen molar-refractivity contribution in [2.75, 3.05) is 19.1 Å². The maximum Gasteiger partial charge on any atom is 0.319 e. The zero-order valence-electron chi connectivity index (χ0n) is 17.6. The van der Waals surface area contributed by atoms with Crippen LogP contribution in [0.3, 0.4) is 0 Å². The number of ether oxygens (including phenoxy) is 2. The van der Waals surface area contributed by atoms with E-state index in [4.69, 9.17) is 27.6 Å². The number of fused-ring (bicyclic) bond motifs is 1. The average Bonchev–Trinajstić information content (AvgIpc) is 3.62. The zero-order valence-corrected chi connectivity index (χ0v) is 18.4. The van der Waals surface area contributed by atoms with Crippen molar-refractivity contribution in [3.05, 3.63) is 64.6 Å². The number of nitrogens with one attached hydrogen (secondary N) is 3. The van der Waals surface area contributed by atoms with Gasteiger partial charge < -0.3 is 20.1 Å². The van der Waals surface area contributed by atoms with E-state index in [0.29, 0.717) is 38.9 Å². The first-order valence-corrected chi connectivity index (χ1v) is 10.5. The van der Waals surface area contributed by atoms with Gasteiger partial charge in [-0.1, -0.05) is 11.6 Å². The van der Waals surface area contributed by atoms with Gasteiger partial charge in [-0.2, -0.15) is 0 Å². The summed E-state index contributed by atoms with van der Waals surface area (Å²) in [5.41, 5.74) is 1.28. The molecule has 10 heteroatoms. The first kappa shape index (κ1) is 22.2. The summed E-state index contributed by atoms with van der Waals surface area (Å²) in [5, 5.41) is 8.96. The van der Waals surface area contributed by atoms with Crippen molar-refractivity contribution in [1.82, 2.24) is 15.6 Å². The molecule has 1 saturated carbocycles.